The maximum atomic E-state index is 14.1. The second-order valence-corrected chi connectivity index (χ2v) is 8.57. The van der Waals surface area contributed by atoms with Crippen LogP contribution in [0.25, 0.3) is 5.69 Å². The van der Waals surface area contributed by atoms with Crippen LogP contribution in [-0.2, 0) is 0 Å². The lowest BCUT2D eigenvalue weighted by Crippen LogP contribution is -2.29. The summed E-state index contributed by atoms with van der Waals surface area (Å²) < 4.78 is 21.1. The Bertz CT molecular complexity index is 1340. The van der Waals surface area contributed by atoms with Gasteiger partial charge in [-0.2, -0.15) is 0 Å². The van der Waals surface area contributed by atoms with Crippen LogP contribution in [0.3, 0.4) is 0 Å². The summed E-state index contributed by atoms with van der Waals surface area (Å²) in [5.74, 6) is -0.0467. The molecule has 1 N–H and O–H groups in total. The predicted octanol–water partition coefficient (Wildman–Crippen LogP) is 4.88. The molecule has 0 saturated heterocycles. The van der Waals surface area contributed by atoms with E-state index in [1.54, 1.807) is 48.9 Å². The second-order valence-electron chi connectivity index (χ2n) is 7.63. The van der Waals surface area contributed by atoms with Gasteiger partial charge in [-0.25, -0.2) is 4.39 Å². The molecule has 0 radical (unpaired) electrons. The van der Waals surface area contributed by atoms with Crippen LogP contribution in [0, 0.1) is 5.82 Å². The molecule has 0 bridgehead atoms. The fraction of sp³-hybridized carbons (Fsp3) is 0.154. The molecule has 3 aromatic carbocycles. The molecule has 4 aromatic rings. The van der Waals surface area contributed by atoms with Gasteiger partial charge in [0.05, 0.1) is 24.5 Å². The van der Waals surface area contributed by atoms with Crippen LogP contribution in [0.2, 0.25) is 0 Å². The van der Waals surface area contributed by atoms with E-state index in [1.165, 1.54) is 30.0 Å². The zero-order valence-corrected chi connectivity index (χ0v) is 20.0. The number of thioether (sulfide) groups is 1. The highest BCUT2D eigenvalue weighted by atomic mass is 32.2. The highest BCUT2D eigenvalue weighted by Gasteiger charge is 2.23. The average molecular weight is 491 g/mol. The van der Waals surface area contributed by atoms with Crippen LogP contribution in [0.1, 0.15) is 39.5 Å². The molecule has 7 nitrogen and oxygen atoms in total. The number of nitrogens with zero attached hydrogens (tertiary/aromatic N) is 3. The molecule has 0 aliphatic heterocycles. The smallest absolute Gasteiger partial charge is 0.254 e. The number of hydrogen-bond donors (Lipinski definition) is 1. The van der Waals surface area contributed by atoms with Crippen LogP contribution >= 0.6 is 11.8 Å². The number of amides is 1. The van der Waals surface area contributed by atoms with Crippen molar-refractivity contribution in [3.63, 3.8) is 0 Å². The molecular weight excluding hydrogens is 467 g/mol. The number of methoxy groups -OCH3 is 1. The van der Waals surface area contributed by atoms with Crippen molar-refractivity contribution in [2.45, 2.75) is 18.1 Å². The first-order valence-electron chi connectivity index (χ1n) is 10.8. The van der Waals surface area contributed by atoms with Gasteiger partial charge in [-0.3, -0.25) is 14.2 Å². The summed E-state index contributed by atoms with van der Waals surface area (Å²) in [6.07, 6.45) is 0. The van der Waals surface area contributed by atoms with Crippen molar-refractivity contribution in [1.82, 2.24) is 20.1 Å². The van der Waals surface area contributed by atoms with Crippen molar-refractivity contribution >= 4 is 23.5 Å². The summed E-state index contributed by atoms with van der Waals surface area (Å²) in [6.45, 7) is 1.75. The minimum Gasteiger partial charge on any atom is -0.497 e. The van der Waals surface area contributed by atoms with Gasteiger partial charge in [0.1, 0.15) is 11.6 Å². The normalized spacial score (nSPS) is 11.6. The third-order valence-electron chi connectivity index (χ3n) is 5.25. The van der Waals surface area contributed by atoms with E-state index >= 15 is 0 Å². The number of nitrogens with one attached hydrogen (secondary N) is 1. The minimum atomic E-state index is -0.603. The molecule has 1 heterocycles. The number of ether oxygens (including phenoxy) is 1. The molecule has 0 unspecified atom stereocenters. The van der Waals surface area contributed by atoms with E-state index in [4.69, 9.17) is 4.74 Å². The number of Topliss-reactive ketones (excluding diaryl/α,β-unsaturated/α-hetero) is 1. The molecule has 0 aliphatic rings. The predicted molar refractivity (Wildman–Crippen MR) is 132 cm³/mol. The number of carbonyl (C=O) groups is 2. The second kappa shape index (κ2) is 11.0. The largest absolute Gasteiger partial charge is 0.497 e. The Morgan fingerprint density at radius 3 is 2.51 bits per heavy atom. The Morgan fingerprint density at radius 2 is 1.77 bits per heavy atom. The number of ketones is 1. The van der Waals surface area contributed by atoms with Crippen LogP contribution < -0.4 is 10.1 Å². The van der Waals surface area contributed by atoms with Crippen LogP contribution in [0.5, 0.6) is 5.75 Å². The maximum Gasteiger partial charge on any atom is 0.254 e. The van der Waals surface area contributed by atoms with Crippen molar-refractivity contribution < 1.29 is 18.7 Å². The van der Waals surface area contributed by atoms with Gasteiger partial charge in [0.25, 0.3) is 5.91 Å². The number of hydrogen-bond acceptors (Lipinski definition) is 6. The molecule has 35 heavy (non-hydrogen) atoms. The molecule has 0 spiro atoms. The van der Waals surface area contributed by atoms with Crippen molar-refractivity contribution in [2.75, 3.05) is 12.9 Å². The lowest BCUT2D eigenvalue weighted by Gasteiger charge is -2.16. The molecule has 178 valence electrons. The Morgan fingerprint density at radius 1 is 1.03 bits per heavy atom. The van der Waals surface area contributed by atoms with Crippen molar-refractivity contribution in [2.24, 2.45) is 0 Å². The fourth-order valence-electron chi connectivity index (χ4n) is 3.47. The quantitative estimate of drug-likeness (QED) is 0.266. The van der Waals surface area contributed by atoms with Gasteiger partial charge in [-0.15, -0.1) is 10.2 Å². The van der Waals surface area contributed by atoms with Crippen molar-refractivity contribution in [3.8, 4) is 11.4 Å². The molecule has 1 amide bonds. The van der Waals surface area contributed by atoms with Crippen molar-refractivity contribution in [3.05, 3.63) is 102 Å². The minimum absolute atomic E-state index is 0.0522. The lowest BCUT2D eigenvalue weighted by molar-refractivity contribution is 0.0933. The number of rotatable bonds is 9. The number of carbonyl (C=O) groups excluding carboxylic acids is 2. The van der Waals surface area contributed by atoms with Gasteiger partial charge in [-0.05, 0) is 43.3 Å². The summed E-state index contributed by atoms with van der Waals surface area (Å²) in [4.78, 5) is 25.4. The Balaban J connectivity index is 1.58. The highest BCUT2D eigenvalue weighted by Crippen LogP contribution is 2.26. The monoisotopic (exact) mass is 490 g/mol. The number of halogens is 1. The van der Waals surface area contributed by atoms with Gasteiger partial charge in [0.2, 0.25) is 0 Å². The van der Waals surface area contributed by atoms with Gasteiger partial charge in [0.15, 0.2) is 16.8 Å². The van der Waals surface area contributed by atoms with Crippen LogP contribution in [0.4, 0.5) is 4.39 Å². The zero-order chi connectivity index (χ0) is 24.8. The third kappa shape index (κ3) is 5.58. The standard InChI is InChI=1S/C26H23FN4O3S/c1-17(28-25(33)21-13-6-7-14-22(21)27)24-29-30-26(31(24)19-10-4-3-5-11-19)35-16-23(32)18-9-8-12-20(15-18)34-2/h3-15,17H,16H2,1-2H3,(H,28,33)/t17-/m1/s1. The molecule has 0 saturated carbocycles. The Hall–Kier alpha value is -3.98. The highest BCUT2D eigenvalue weighted by molar-refractivity contribution is 7.99. The van der Waals surface area contributed by atoms with E-state index in [1.807, 2.05) is 30.3 Å². The fourth-order valence-corrected chi connectivity index (χ4v) is 4.32. The third-order valence-corrected chi connectivity index (χ3v) is 6.18. The van der Waals surface area contributed by atoms with Crippen LogP contribution in [-0.4, -0.2) is 39.3 Å². The van der Waals surface area contributed by atoms with E-state index in [0.717, 1.165) is 5.69 Å². The SMILES string of the molecule is COc1cccc(C(=O)CSc2nnc([C@@H](C)NC(=O)c3ccccc3F)n2-c2ccccc2)c1. The van der Waals surface area contributed by atoms with E-state index in [9.17, 15) is 14.0 Å². The molecule has 4 rings (SSSR count). The number of para-hydroxylation sites is 1. The summed E-state index contributed by atoms with van der Waals surface area (Å²) in [5.41, 5.74) is 1.26. The summed E-state index contributed by atoms with van der Waals surface area (Å²) in [6, 6.07) is 21.6. The van der Waals surface area contributed by atoms with Gasteiger partial charge >= 0.3 is 0 Å². The summed E-state index contributed by atoms with van der Waals surface area (Å²) in [7, 11) is 1.55. The average Bonchev–Trinajstić information content (AvgIpc) is 3.32. The lowest BCUT2D eigenvalue weighted by atomic mass is 10.1. The van der Waals surface area contributed by atoms with Crippen LogP contribution in [0.15, 0.2) is 84.0 Å². The van der Waals surface area contributed by atoms with E-state index in [-0.39, 0.29) is 17.1 Å². The molecule has 0 fully saturated rings. The molecule has 9 heteroatoms. The molecule has 1 atom stereocenters. The first-order valence-corrected chi connectivity index (χ1v) is 11.8. The van der Waals surface area contributed by atoms with Gasteiger partial charge in [-0.1, -0.05) is 54.2 Å². The Labute approximate surface area is 206 Å². The Kier molecular flexibility index (Phi) is 7.57. The topological polar surface area (TPSA) is 86.1 Å². The van der Waals surface area contributed by atoms with E-state index in [0.29, 0.717) is 22.3 Å². The first-order chi connectivity index (χ1) is 17.0. The maximum absolute atomic E-state index is 14.1. The van der Waals surface area contributed by atoms with Crippen molar-refractivity contribution in [1.29, 1.82) is 0 Å². The van der Waals surface area contributed by atoms with E-state index in [2.05, 4.69) is 15.5 Å². The first kappa shape index (κ1) is 24.2. The molecular formula is C26H23FN4O3S. The number of aromatic nitrogens is 3. The zero-order valence-electron chi connectivity index (χ0n) is 19.1. The summed E-state index contributed by atoms with van der Waals surface area (Å²) in [5, 5.41) is 11.9. The number of benzene rings is 3. The molecule has 1 aromatic heterocycles. The van der Waals surface area contributed by atoms with Gasteiger partial charge in [0, 0.05) is 11.3 Å². The van der Waals surface area contributed by atoms with Gasteiger partial charge < -0.3 is 10.1 Å². The van der Waals surface area contributed by atoms with E-state index < -0.39 is 17.8 Å². The molecule has 0 aliphatic carbocycles. The summed E-state index contributed by atoms with van der Waals surface area (Å²) >= 11 is 1.24.